The Hall–Kier alpha value is -3.88. The van der Waals surface area contributed by atoms with Crippen molar-refractivity contribution in [1.29, 1.82) is 0 Å². The molecule has 0 spiro atoms. The zero-order chi connectivity index (χ0) is 27.8. The number of rotatable bonds is 6. The molecule has 0 aliphatic carbocycles. The molecule has 2 N–H and O–H groups in total. The molecule has 4 aromatic rings. The van der Waals surface area contributed by atoms with Gasteiger partial charge in [-0.3, -0.25) is 9.59 Å². The smallest absolute Gasteiger partial charge is 0.326 e. The summed E-state index contributed by atoms with van der Waals surface area (Å²) in [5.74, 6) is -2.70. The van der Waals surface area contributed by atoms with E-state index in [2.05, 4.69) is 5.32 Å². The Morgan fingerprint density at radius 3 is 2.67 bits per heavy atom. The van der Waals surface area contributed by atoms with E-state index >= 15 is 0 Å². The van der Waals surface area contributed by atoms with Gasteiger partial charge in [-0.15, -0.1) is 0 Å². The van der Waals surface area contributed by atoms with Gasteiger partial charge in [-0.05, 0) is 72.0 Å². The first-order valence-electron chi connectivity index (χ1n) is 12.2. The van der Waals surface area contributed by atoms with Crippen molar-refractivity contribution in [1.82, 2.24) is 10.2 Å². The molecule has 1 aliphatic rings. The van der Waals surface area contributed by atoms with Crippen LogP contribution in [0, 0.1) is 12.7 Å². The summed E-state index contributed by atoms with van der Waals surface area (Å²) in [4.78, 5) is 39.9. The average molecular weight is 569 g/mol. The largest absolute Gasteiger partial charge is 0.480 e. The molecule has 0 saturated carbocycles. The Bertz CT molecular complexity index is 1610. The minimum Gasteiger partial charge on any atom is -0.480 e. The predicted octanol–water partition coefficient (Wildman–Crippen LogP) is 5.81. The van der Waals surface area contributed by atoms with Crippen LogP contribution in [0.5, 0.6) is 0 Å². The molecule has 5 rings (SSSR count). The first kappa shape index (κ1) is 26.7. The molecule has 0 fully saturated rings. The molecule has 10 heteroatoms. The molecule has 200 valence electrons. The van der Waals surface area contributed by atoms with Crippen LogP contribution >= 0.6 is 23.2 Å². The second kappa shape index (κ2) is 10.7. The third-order valence-corrected chi connectivity index (χ3v) is 7.48. The highest BCUT2D eigenvalue weighted by molar-refractivity contribution is 6.40. The highest BCUT2D eigenvalue weighted by atomic mass is 35.5. The number of hydrogen-bond acceptors (Lipinski definition) is 4. The number of fused-ring (bicyclic) bond motifs is 2. The van der Waals surface area contributed by atoms with Gasteiger partial charge in [0, 0.05) is 30.5 Å². The lowest BCUT2D eigenvalue weighted by atomic mass is 9.95. The molecule has 0 unspecified atom stereocenters. The number of hydrogen-bond donors (Lipinski definition) is 2. The summed E-state index contributed by atoms with van der Waals surface area (Å²) in [5, 5.41) is 13.2. The number of furan rings is 1. The second-order valence-corrected chi connectivity index (χ2v) is 10.3. The highest BCUT2D eigenvalue weighted by Crippen LogP contribution is 2.35. The number of aryl methyl sites for hydroxylation is 1. The number of aliphatic carboxylic acids is 1. The summed E-state index contributed by atoms with van der Waals surface area (Å²) >= 11 is 13.1. The molecule has 0 radical (unpaired) electrons. The van der Waals surface area contributed by atoms with E-state index < -0.39 is 23.7 Å². The van der Waals surface area contributed by atoms with E-state index in [9.17, 15) is 23.9 Å². The first-order valence-corrected chi connectivity index (χ1v) is 12.9. The third-order valence-electron chi connectivity index (χ3n) is 6.77. The Kier molecular flexibility index (Phi) is 7.34. The van der Waals surface area contributed by atoms with E-state index in [1.165, 1.54) is 12.1 Å². The van der Waals surface area contributed by atoms with Gasteiger partial charge < -0.3 is 19.7 Å². The van der Waals surface area contributed by atoms with Crippen molar-refractivity contribution >= 4 is 52.0 Å². The Morgan fingerprint density at radius 2 is 1.92 bits per heavy atom. The Balaban J connectivity index is 1.35. The molecule has 39 heavy (non-hydrogen) atoms. The van der Waals surface area contributed by atoms with E-state index in [-0.39, 0.29) is 34.5 Å². The monoisotopic (exact) mass is 568 g/mol. The molecular formula is C29H23Cl2FN2O5. The van der Waals surface area contributed by atoms with Crippen LogP contribution in [0.15, 0.2) is 59.2 Å². The molecule has 1 atom stereocenters. The number of carbonyl (C=O) groups excluding carboxylic acids is 2. The molecule has 7 nitrogen and oxygen atoms in total. The summed E-state index contributed by atoms with van der Waals surface area (Å²) in [7, 11) is 0. The number of benzene rings is 3. The SMILES string of the molecule is Cc1cc(F)cc(C[C@H](NC(=O)c2c(Cl)cc3c(c2Cl)CCN(C(=O)c2ccc4ccoc4c2)C3)C(=O)O)c1. The van der Waals surface area contributed by atoms with Crippen molar-refractivity contribution in [3.8, 4) is 0 Å². The fourth-order valence-corrected chi connectivity index (χ4v) is 5.66. The van der Waals surface area contributed by atoms with Gasteiger partial charge in [0.1, 0.15) is 17.4 Å². The van der Waals surface area contributed by atoms with Crippen molar-refractivity contribution in [3.63, 3.8) is 0 Å². The minimum absolute atomic E-state index is 0.0355. The molecule has 0 bridgehead atoms. The van der Waals surface area contributed by atoms with Gasteiger partial charge in [-0.2, -0.15) is 0 Å². The molecule has 1 aromatic heterocycles. The van der Waals surface area contributed by atoms with Crippen LogP contribution < -0.4 is 5.32 Å². The Morgan fingerprint density at radius 1 is 1.13 bits per heavy atom. The summed E-state index contributed by atoms with van der Waals surface area (Å²) in [6, 6.07) is 11.5. The molecular weight excluding hydrogens is 546 g/mol. The van der Waals surface area contributed by atoms with Crippen LogP contribution in [0.2, 0.25) is 10.0 Å². The van der Waals surface area contributed by atoms with E-state index in [4.69, 9.17) is 27.6 Å². The van der Waals surface area contributed by atoms with Gasteiger partial charge >= 0.3 is 5.97 Å². The second-order valence-electron chi connectivity index (χ2n) is 9.54. The maximum atomic E-state index is 13.8. The maximum Gasteiger partial charge on any atom is 0.326 e. The average Bonchev–Trinajstić information content (AvgIpc) is 3.35. The number of nitrogens with one attached hydrogen (secondary N) is 1. The van der Waals surface area contributed by atoms with Gasteiger partial charge in [0.05, 0.1) is 21.9 Å². The van der Waals surface area contributed by atoms with Crippen LogP contribution in [0.25, 0.3) is 11.0 Å². The topological polar surface area (TPSA) is 99.9 Å². The Labute approximate surface area is 233 Å². The van der Waals surface area contributed by atoms with Gasteiger partial charge in [0.2, 0.25) is 0 Å². The summed E-state index contributed by atoms with van der Waals surface area (Å²) in [5.41, 5.74) is 3.50. The molecule has 2 amide bonds. The number of carboxylic acid groups (broad SMARTS) is 1. The number of carbonyl (C=O) groups is 3. The van der Waals surface area contributed by atoms with Crippen molar-refractivity contribution in [3.05, 3.63) is 104 Å². The lowest BCUT2D eigenvalue weighted by Gasteiger charge is -2.30. The van der Waals surface area contributed by atoms with Gasteiger partial charge in [0.25, 0.3) is 11.8 Å². The van der Waals surface area contributed by atoms with Crippen LogP contribution in [0.3, 0.4) is 0 Å². The molecule has 3 aromatic carbocycles. The van der Waals surface area contributed by atoms with Gasteiger partial charge in [-0.25, -0.2) is 9.18 Å². The summed E-state index contributed by atoms with van der Waals surface area (Å²) in [6.07, 6.45) is 1.82. The zero-order valence-corrected chi connectivity index (χ0v) is 22.3. The predicted molar refractivity (Wildman–Crippen MR) is 145 cm³/mol. The number of carboxylic acids is 1. The van der Waals surface area contributed by atoms with Crippen molar-refractivity contribution in [2.75, 3.05) is 6.54 Å². The lowest BCUT2D eigenvalue weighted by Crippen LogP contribution is -2.42. The quantitative estimate of drug-likeness (QED) is 0.305. The van der Waals surface area contributed by atoms with E-state index in [1.54, 1.807) is 42.4 Å². The van der Waals surface area contributed by atoms with Crippen LogP contribution in [0.1, 0.15) is 43.0 Å². The normalized spacial score (nSPS) is 13.7. The maximum absolute atomic E-state index is 13.8. The van der Waals surface area contributed by atoms with Crippen LogP contribution in [0.4, 0.5) is 4.39 Å². The van der Waals surface area contributed by atoms with Crippen LogP contribution in [-0.2, 0) is 24.2 Å². The van der Waals surface area contributed by atoms with Gasteiger partial charge in [-0.1, -0.05) is 35.3 Å². The molecule has 1 aliphatic heterocycles. The lowest BCUT2D eigenvalue weighted by molar-refractivity contribution is -0.139. The standard InChI is InChI=1S/C29H23Cl2FN2O5/c1-15-8-16(10-20(32)9-15)11-23(29(37)38)33-27(35)25-22(30)12-19-14-34(6-4-21(19)26(25)31)28(36)18-3-2-17-5-7-39-24(17)13-18/h2-3,5,7-10,12-13,23H,4,6,11,14H2,1H3,(H,33,35)(H,37,38)/t23-/m0/s1. The van der Waals surface area contributed by atoms with E-state index in [0.717, 1.165) is 5.39 Å². The minimum atomic E-state index is -1.33. The fourth-order valence-electron chi connectivity index (χ4n) is 4.90. The third kappa shape index (κ3) is 5.48. The molecule has 2 heterocycles. The number of halogens is 3. The van der Waals surface area contributed by atoms with E-state index in [1.807, 2.05) is 12.1 Å². The first-order chi connectivity index (χ1) is 18.6. The number of amides is 2. The van der Waals surface area contributed by atoms with Crippen molar-refractivity contribution in [2.24, 2.45) is 0 Å². The van der Waals surface area contributed by atoms with E-state index in [0.29, 0.717) is 46.4 Å². The highest BCUT2D eigenvalue weighted by Gasteiger charge is 2.30. The van der Waals surface area contributed by atoms with Crippen molar-refractivity contribution in [2.45, 2.75) is 32.4 Å². The summed E-state index contributed by atoms with van der Waals surface area (Å²) < 4.78 is 19.2. The molecule has 0 saturated heterocycles. The van der Waals surface area contributed by atoms with Crippen LogP contribution in [-0.4, -0.2) is 40.4 Å². The van der Waals surface area contributed by atoms with Gasteiger partial charge in [0.15, 0.2) is 0 Å². The number of nitrogens with zero attached hydrogens (tertiary/aromatic N) is 1. The fraction of sp³-hybridized carbons (Fsp3) is 0.207. The zero-order valence-electron chi connectivity index (χ0n) is 20.8. The van der Waals surface area contributed by atoms with Crippen molar-refractivity contribution < 1.29 is 28.3 Å². The summed E-state index contributed by atoms with van der Waals surface area (Å²) in [6.45, 7) is 2.30.